The van der Waals surface area contributed by atoms with Crippen LogP contribution in [0.5, 0.6) is 0 Å². The van der Waals surface area contributed by atoms with Gasteiger partial charge in [0.1, 0.15) is 0 Å². The van der Waals surface area contributed by atoms with Crippen molar-refractivity contribution in [2.45, 2.75) is 76.4 Å². The lowest BCUT2D eigenvalue weighted by Gasteiger charge is -2.25. The van der Waals surface area contributed by atoms with Crippen LogP contribution in [-0.4, -0.2) is 30.0 Å². The summed E-state index contributed by atoms with van der Waals surface area (Å²) in [5, 5.41) is 9.20. The van der Waals surface area contributed by atoms with E-state index in [0.29, 0.717) is 6.10 Å². The first-order chi connectivity index (χ1) is 8.20. The van der Waals surface area contributed by atoms with Crippen molar-refractivity contribution in [2.75, 3.05) is 13.2 Å². The molecule has 0 aromatic heterocycles. The minimum Gasteiger partial charge on any atom is -0.394 e. The first-order valence-electron chi connectivity index (χ1n) is 7.21. The summed E-state index contributed by atoms with van der Waals surface area (Å²) in [6.45, 7) is 2.90. The molecule has 17 heavy (non-hydrogen) atoms. The molecule has 0 amide bonds. The van der Waals surface area contributed by atoms with Gasteiger partial charge in [0.25, 0.3) is 0 Å². The maximum absolute atomic E-state index is 9.20. The van der Waals surface area contributed by atoms with E-state index in [9.17, 15) is 5.11 Å². The van der Waals surface area contributed by atoms with Gasteiger partial charge in [-0.25, -0.2) is 0 Å². The molecular weight excluding hydrogens is 214 g/mol. The minimum absolute atomic E-state index is 0.0763. The molecule has 0 aromatic rings. The molecule has 0 aliphatic heterocycles. The summed E-state index contributed by atoms with van der Waals surface area (Å²) in [4.78, 5) is 0. The number of rotatable bonds is 7. The van der Waals surface area contributed by atoms with Crippen molar-refractivity contribution in [2.24, 2.45) is 5.73 Å². The molecule has 1 aliphatic rings. The van der Waals surface area contributed by atoms with Gasteiger partial charge in [-0.05, 0) is 32.1 Å². The highest BCUT2D eigenvalue weighted by molar-refractivity contribution is 4.81. The van der Waals surface area contributed by atoms with Gasteiger partial charge in [-0.3, -0.25) is 0 Å². The number of nitrogens with two attached hydrogens (primary N) is 1. The molecule has 3 N–H and O–H groups in total. The van der Waals surface area contributed by atoms with Gasteiger partial charge >= 0.3 is 0 Å². The average molecular weight is 243 g/mol. The van der Waals surface area contributed by atoms with Gasteiger partial charge in [0.2, 0.25) is 0 Å². The number of aliphatic hydroxyl groups excluding tert-OH is 1. The van der Waals surface area contributed by atoms with Crippen molar-refractivity contribution in [1.82, 2.24) is 0 Å². The number of hydrogen-bond acceptors (Lipinski definition) is 3. The quantitative estimate of drug-likeness (QED) is 0.534. The van der Waals surface area contributed by atoms with Crippen molar-refractivity contribution in [3.05, 3.63) is 0 Å². The zero-order valence-corrected chi connectivity index (χ0v) is 11.3. The smallest absolute Gasteiger partial charge is 0.0611 e. The number of ether oxygens (including phenoxy) is 1. The normalized spacial score (nSPS) is 22.1. The Morgan fingerprint density at radius 3 is 2.41 bits per heavy atom. The van der Waals surface area contributed by atoms with Crippen molar-refractivity contribution in [1.29, 1.82) is 0 Å². The summed E-state index contributed by atoms with van der Waals surface area (Å²) < 4.78 is 5.91. The highest BCUT2D eigenvalue weighted by Gasteiger charge is 2.21. The van der Waals surface area contributed by atoms with Gasteiger partial charge in [0, 0.05) is 12.1 Å². The highest BCUT2D eigenvalue weighted by atomic mass is 16.5. The second-order valence-electron chi connectivity index (χ2n) is 5.46. The van der Waals surface area contributed by atoms with Crippen molar-refractivity contribution < 1.29 is 9.84 Å². The van der Waals surface area contributed by atoms with E-state index in [1.165, 1.54) is 38.5 Å². The summed E-state index contributed by atoms with van der Waals surface area (Å²) >= 11 is 0. The van der Waals surface area contributed by atoms with Crippen LogP contribution >= 0.6 is 0 Å². The molecule has 1 aliphatic carbocycles. The van der Waals surface area contributed by atoms with Crippen LogP contribution in [0.4, 0.5) is 0 Å². The average Bonchev–Trinajstić information content (AvgIpc) is 2.63. The molecule has 0 spiro atoms. The van der Waals surface area contributed by atoms with Crippen LogP contribution < -0.4 is 5.73 Å². The second-order valence-corrected chi connectivity index (χ2v) is 5.46. The molecule has 0 bridgehead atoms. The van der Waals surface area contributed by atoms with E-state index in [4.69, 9.17) is 10.5 Å². The molecule has 1 saturated carbocycles. The molecule has 3 nitrogen and oxygen atoms in total. The summed E-state index contributed by atoms with van der Waals surface area (Å²) in [6, 6.07) is 0. The fraction of sp³-hybridized carbons (Fsp3) is 1.00. The topological polar surface area (TPSA) is 55.5 Å². The lowest BCUT2D eigenvalue weighted by atomic mass is 9.93. The Kier molecular flexibility index (Phi) is 7.09. The fourth-order valence-electron chi connectivity index (χ4n) is 2.45. The zero-order valence-electron chi connectivity index (χ0n) is 11.3. The molecule has 1 fully saturated rings. The van der Waals surface area contributed by atoms with Gasteiger partial charge < -0.3 is 15.6 Å². The van der Waals surface area contributed by atoms with Crippen molar-refractivity contribution >= 4 is 0 Å². The predicted octanol–water partition coefficient (Wildman–Crippen LogP) is 2.61. The Morgan fingerprint density at radius 1 is 1.24 bits per heavy atom. The predicted molar refractivity (Wildman–Crippen MR) is 71.0 cm³/mol. The molecule has 0 heterocycles. The van der Waals surface area contributed by atoms with E-state index >= 15 is 0 Å². The molecule has 3 heteroatoms. The van der Waals surface area contributed by atoms with Crippen LogP contribution in [0.1, 0.15) is 64.7 Å². The van der Waals surface area contributed by atoms with Gasteiger partial charge in [-0.15, -0.1) is 0 Å². The van der Waals surface area contributed by atoms with Gasteiger partial charge in [0.05, 0.1) is 12.7 Å². The molecule has 0 aromatic carbocycles. The number of hydrogen-bond donors (Lipinski definition) is 2. The molecule has 1 rings (SSSR count). The third-order valence-corrected chi connectivity index (χ3v) is 3.99. The first kappa shape index (κ1) is 14.9. The first-order valence-corrected chi connectivity index (χ1v) is 7.21. The summed E-state index contributed by atoms with van der Waals surface area (Å²) in [6.07, 6.45) is 10.9. The lowest BCUT2D eigenvalue weighted by molar-refractivity contribution is 0.0362. The molecule has 1 atom stereocenters. The third kappa shape index (κ3) is 5.84. The van der Waals surface area contributed by atoms with Gasteiger partial charge in [0.15, 0.2) is 0 Å². The molecular formula is C14H29NO2. The van der Waals surface area contributed by atoms with Gasteiger partial charge in [-0.1, -0.05) is 32.6 Å². The maximum Gasteiger partial charge on any atom is 0.0611 e. The van der Waals surface area contributed by atoms with Crippen LogP contribution in [0, 0.1) is 0 Å². The van der Waals surface area contributed by atoms with Crippen molar-refractivity contribution in [3.63, 3.8) is 0 Å². The minimum atomic E-state index is -0.396. The van der Waals surface area contributed by atoms with E-state index in [0.717, 1.165) is 25.9 Å². The van der Waals surface area contributed by atoms with E-state index in [-0.39, 0.29) is 6.61 Å². The Morgan fingerprint density at radius 2 is 1.88 bits per heavy atom. The molecule has 1 unspecified atom stereocenters. The summed E-state index contributed by atoms with van der Waals surface area (Å²) in [5.74, 6) is 0. The monoisotopic (exact) mass is 243 g/mol. The summed E-state index contributed by atoms with van der Waals surface area (Å²) in [5.41, 5.74) is 5.64. The van der Waals surface area contributed by atoms with Crippen LogP contribution in [-0.2, 0) is 4.74 Å². The molecule has 0 saturated heterocycles. The number of aliphatic hydroxyl groups is 1. The Balaban J connectivity index is 2.10. The molecule has 102 valence electrons. The molecule has 0 radical (unpaired) electrons. The van der Waals surface area contributed by atoms with Crippen molar-refractivity contribution in [3.8, 4) is 0 Å². The van der Waals surface area contributed by atoms with E-state index in [1.54, 1.807) is 0 Å². The highest BCUT2D eigenvalue weighted by Crippen LogP contribution is 2.20. The van der Waals surface area contributed by atoms with E-state index in [2.05, 4.69) is 0 Å². The zero-order chi connectivity index (χ0) is 12.6. The third-order valence-electron chi connectivity index (χ3n) is 3.99. The van der Waals surface area contributed by atoms with E-state index < -0.39 is 5.54 Å². The van der Waals surface area contributed by atoms with Crippen LogP contribution in [0.3, 0.4) is 0 Å². The van der Waals surface area contributed by atoms with Gasteiger partial charge in [-0.2, -0.15) is 0 Å². The van der Waals surface area contributed by atoms with Crippen LogP contribution in [0.15, 0.2) is 0 Å². The Hall–Kier alpha value is -0.120. The standard InChI is InChI=1S/C14H29NO2/c1-2-14(15,12-16)10-7-11-17-13-8-5-3-4-6-9-13/h13,16H,2-12,15H2,1H3. The maximum atomic E-state index is 9.20. The summed E-state index contributed by atoms with van der Waals surface area (Å²) in [7, 11) is 0. The second kappa shape index (κ2) is 8.06. The lowest BCUT2D eigenvalue weighted by Crippen LogP contribution is -2.43. The van der Waals surface area contributed by atoms with Crippen LogP contribution in [0.25, 0.3) is 0 Å². The fourth-order valence-corrected chi connectivity index (χ4v) is 2.45. The Bertz CT molecular complexity index is 185. The van der Waals surface area contributed by atoms with E-state index in [1.807, 2.05) is 6.92 Å². The SMILES string of the molecule is CCC(N)(CO)CCCOC1CCCCCC1. The van der Waals surface area contributed by atoms with Crippen LogP contribution in [0.2, 0.25) is 0 Å². The Labute approximate surface area is 106 Å². The largest absolute Gasteiger partial charge is 0.394 e.